The molecule has 8 nitrogen and oxygen atoms in total. The summed E-state index contributed by atoms with van der Waals surface area (Å²) in [5.41, 5.74) is 3.66. The van der Waals surface area contributed by atoms with Crippen LogP contribution in [-0.2, 0) is 19.1 Å². The minimum atomic E-state index is -0.665. The van der Waals surface area contributed by atoms with E-state index in [0.29, 0.717) is 5.56 Å². The van der Waals surface area contributed by atoms with E-state index in [4.69, 9.17) is 4.74 Å². The Kier molecular flexibility index (Phi) is 6.12. The van der Waals surface area contributed by atoms with Crippen molar-refractivity contribution in [3.8, 4) is 5.69 Å². The highest BCUT2D eigenvalue weighted by molar-refractivity contribution is 8.18. The molecule has 1 saturated heterocycles. The summed E-state index contributed by atoms with van der Waals surface area (Å²) in [6, 6.07) is 8.90. The number of carbonyl (C=O) groups excluding carboxylic acids is 4. The molecule has 1 aliphatic heterocycles. The van der Waals surface area contributed by atoms with E-state index in [9.17, 15) is 19.2 Å². The van der Waals surface area contributed by atoms with Gasteiger partial charge in [-0.2, -0.15) is 0 Å². The highest BCUT2D eigenvalue weighted by Crippen LogP contribution is 2.33. The molecule has 2 amide bonds. The number of aromatic nitrogens is 1. The molecule has 9 heteroatoms. The van der Waals surface area contributed by atoms with Gasteiger partial charge in [0.1, 0.15) is 6.54 Å². The third kappa shape index (κ3) is 4.02. The van der Waals surface area contributed by atoms with Crippen LogP contribution >= 0.6 is 11.8 Å². The van der Waals surface area contributed by atoms with E-state index in [0.717, 1.165) is 39.3 Å². The molecule has 0 atom stereocenters. The molecule has 0 aliphatic carbocycles. The van der Waals surface area contributed by atoms with Gasteiger partial charge in [0.05, 0.1) is 24.7 Å². The summed E-state index contributed by atoms with van der Waals surface area (Å²) in [5.74, 6) is -1.63. The monoisotopic (exact) mass is 428 g/mol. The van der Waals surface area contributed by atoms with E-state index >= 15 is 0 Å². The number of benzene rings is 1. The van der Waals surface area contributed by atoms with Crippen molar-refractivity contribution in [1.82, 2.24) is 9.47 Å². The fraction of sp³-hybridized carbons (Fsp3) is 0.238. The van der Waals surface area contributed by atoms with Crippen molar-refractivity contribution >= 4 is 40.9 Å². The van der Waals surface area contributed by atoms with Crippen LogP contribution in [0.1, 0.15) is 27.3 Å². The summed E-state index contributed by atoms with van der Waals surface area (Å²) < 4.78 is 11.3. The minimum Gasteiger partial charge on any atom is -0.468 e. The Bertz CT molecular complexity index is 1090. The number of hydrogen-bond donors (Lipinski definition) is 0. The van der Waals surface area contributed by atoms with Gasteiger partial charge in [-0.25, -0.2) is 4.79 Å². The number of methoxy groups -OCH3 is 2. The van der Waals surface area contributed by atoms with Gasteiger partial charge in [-0.05, 0) is 61.5 Å². The average Bonchev–Trinajstić information content (AvgIpc) is 3.16. The summed E-state index contributed by atoms with van der Waals surface area (Å²) in [6.07, 6.45) is 1.63. The Morgan fingerprint density at radius 2 is 1.83 bits per heavy atom. The number of amides is 2. The molecule has 2 heterocycles. The fourth-order valence-electron chi connectivity index (χ4n) is 3.19. The van der Waals surface area contributed by atoms with Crippen molar-refractivity contribution in [2.24, 2.45) is 0 Å². The van der Waals surface area contributed by atoms with Crippen molar-refractivity contribution in [2.75, 3.05) is 20.8 Å². The van der Waals surface area contributed by atoms with Crippen LogP contribution in [0.5, 0.6) is 0 Å². The zero-order chi connectivity index (χ0) is 22.0. The number of imide groups is 1. The molecule has 3 rings (SSSR count). The molecule has 0 saturated carbocycles. The number of nitrogens with zero attached hydrogens (tertiary/aromatic N) is 2. The van der Waals surface area contributed by atoms with Gasteiger partial charge in [0.25, 0.3) is 11.1 Å². The predicted molar refractivity (Wildman–Crippen MR) is 111 cm³/mol. The van der Waals surface area contributed by atoms with Gasteiger partial charge in [-0.15, -0.1) is 0 Å². The smallest absolute Gasteiger partial charge is 0.337 e. The minimum absolute atomic E-state index is 0.229. The second-order valence-electron chi connectivity index (χ2n) is 6.55. The molecule has 0 spiro atoms. The lowest BCUT2D eigenvalue weighted by atomic mass is 10.2. The van der Waals surface area contributed by atoms with E-state index < -0.39 is 29.6 Å². The van der Waals surface area contributed by atoms with Crippen LogP contribution in [0.4, 0.5) is 4.79 Å². The molecule has 0 N–H and O–H groups in total. The molecular weight excluding hydrogens is 408 g/mol. The van der Waals surface area contributed by atoms with Crippen LogP contribution in [0.15, 0.2) is 35.2 Å². The van der Waals surface area contributed by atoms with E-state index in [1.807, 2.05) is 30.5 Å². The fourth-order valence-corrected chi connectivity index (χ4v) is 4.02. The lowest BCUT2D eigenvalue weighted by Gasteiger charge is -2.11. The number of carbonyl (C=O) groups is 4. The highest BCUT2D eigenvalue weighted by atomic mass is 32.2. The number of esters is 2. The topological polar surface area (TPSA) is 94.9 Å². The Labute approximate surface area is 177 Å². The summed E-state index contributed by atoms with van der Waals surface area (Å²) >= 11 is 0.778. The average molecular weight is 428 g/mol. The molecule has 1 fully saturated rings. The van der Waals surface area contributed by atoms with Crippen LogP contribution in [0.25, 0.3) is 11.8 Å². The third-order valence-corrected chi connectivity index (χ3v) is 5.58. The number of thioether (sulfide) groups is 1. The maximum atomic E-state index is 12.5. The molecule has 30 heavy (non-hydrogen) atoms. The SMILES string of the molecule is COC(=O)CN1C(=O)SC(=Cc2cc(C)n(-c3cccc(C(=O)OC)c3)c2C)C1=O. The predicted octanol–water partition coefficient (Wildman–Crippen LogP) is 3.09. The van der Waals surface area contributed by atoms with E-state index in [2.05, 4.69) is 4.74 Å². The van der Waals surface area contributed by atoms with Crippen LogP contribution in [-0.4, -0.2) is 53.3 Å². The van der Waals surface area contributed by atoms with Crippen molar-refractivity contribution < 1.29 is 28.7 Å². The maximum absolute atomic E-state index is 12.5. The Hall–Kier alpha value is -3.33. The van der Waals surface area contributed by atoms with Crippen molar-refractivity contribution in [3.05, 3.63) is 57.8 Å². The summed E-state index contributed by atoms with van der Waals surface area (Å²) in [4.78, 5) is 49.0. The van der Waals surface area contributed by atoms with Crippen LogP contribution in [0.2, 0.25) is 0 Å². The van der Waals surface area contributed by atoms with Gasteiger partial charge in [0.2, 0.25) is 0 Å². The molecule has 156 valence electrons. The summed E-state index contributed by atoms with van der Waals surface area (Å²) in [7, 11) is 2.52. The van der Waals surface area contributed by atoms with Crippen LogP contribution in [0, 0.1) is 13.8 Å². The number of aryl methyl sites for hydroxylation is 1. The van der Waals surface area contributed by atoms with E-state index in [-0.39, 0.29) is 4.91 Å². The Balaban J connectivity index is 1.95. The quantitative estimate of drug-likeness (QED) is 0.533. The van der Waals surface area contributed by atoms with E-state index in [1.54, 1.807) is 24.3 Å². The van der Waals surface area contributed by atoms with E-state index in [1.165, 1.54) is 14.2 Å². The molecular formula is C21H20N2O6S. The Morgan fingerprint density at radius 1 is 1.10 bits per heavy atom. The first-order chi connectivity index (χ1) is 14.3. The Morgan fingerprint density at radius 3 is 2.50 bits per heavy atom. The number of ether oxygens (including phenoxy) is 2. The third-order valence-electron chi connectivity index (χ3n) is 4.67. The number of rotatable bonds is 5. The lowest BCUT2D eigenvalue weighted by molar-refractivity contribution is -0.143. The normalized spacial score (nSPS) is 15.1. The first-order valence-electron chi connectivity index (χ1n) is 8.96. The molecule has 0 bridgehead atoms. The zero-order valence-electron chi connectivity index (χ0n) is 16.9. The zero-order valence-corrected chi connectivity index (χ0v) is 17.7. The molecule has 1 aromatic carbocycles. The van der Waals surface area contributed by atoms with Gasteiger partial charge in [-0.1, -0.05) is 6.07 Å². The standard InChI is InChI=1S/C21H20N2O6S/c1-12-8-15(10-17-19(25)22(21(27)30-17)11-18(24)28-3)13(2)23(12)16-7-5-6-14(9-16)20(26)29-4/h5-10H,11H2,1-4H3. The van der Waals surface area contributed by atoms with Gasteiger partial charge in [-0.3, -0.25) is 19.3 Å². The van der Waals surface area contributed by atoms with Crippen molar-refractivity contribution in [3.63, 3.8) is 0 Å². The van der Waals surface area contributed by atoms with Crippen LogP contribution < -0.4 is 0 Å². The van der Waals surface area contributed by atoms with Crippen molar-refractivity contribution in [1.29, 1.82) is 0 Å². The van der Waals surface area contributed by atoms with Gasteiger partial charge >= 0.3 is 11.9 Å². The summed E-state index contributed by atoms with van der Waals surface area (Å²) in [5, 5.41) is -0.517. The summed E-state index contributed by atoms with van der Waals surface area (Å²) in [6.45, 7) is 3.36. The molecule has 2 aromatic rings. The van der Waals surface area contributed by atoms with Crippen LogP contribution in [0.3, 0.4) is 0 Å². The second kappa shape index (κ2) is 8.58. The highest BCUT2D eigenvalue weighted by Gasteiger charge is 2.36. The molecule has 1 aromatic heterocycles. The largest absolute Gasteiger partial charge is 0.468 e. The van der Waals surface area contributed by atoms with Gasteiger partial charge in [0.15, 0.2) is 0 Å². The van der Waals surface area contributed by atoms with Gasteiger partial charge < -0.3 is 14.0 Å². The molecule has 1 aliphatic rings. The van der Waals surface area contributed by atoms with Gasteiger partial charge in [0, 0.05) is 17.1 Å². The number of hydrogen-bond acceptors (Lipinski definition) is 7. The second-order valence-corrected chi connectivity index (χ2v) is 7.54. The molecule has 0 unspecified atom stereocenters. The first-order valence-corrected chi connectivity index (χ1v) is 9.78. The maximum Gasteiger partial charge on any atom is 0.337 e. The van der Waals surface area contributed by atoms with Crippen molar-refractivity contribution in [2.45, 2.75) is 13.8 Å². The molecule has 0 radical (unpaired) electrons. The lowest BCUT2D eigenvalue weighted by Crippen LogP contribution is -2.34. The first kappa shape index (κ1) is 21.4.